The van der Waals surface area contributed by atoms with Gasteiger partial charge in [0.15, 0.2) is 0 Å². The van der Waals surface area contributed by atoms with Crippen molar-refractivity contribution < 1.29 is 0 Å². The van der Waals surface area contributed by atoms with E-state index in [0.717, 1.165) is 13.0 Å². The molecule has 1 unspecified atom stereocenters. The summed E-state index contributed by atoms with van der Waals surface area (Å²) in [6.07, 6.45) is 3.18. The molecule has 0 bridgehead atoms. The molecule has 0 aliphatic carbocycles. The van der Waals surface area contributed by atoms with Crippen LogP contribution in [0.5, 0.6) is 0 Å². The van der Waals surface area contributed by atoms with Crippen LogP contribution in [0.1, 0.15) is 29.7 Å². The molecule has 106 valence electrons. The Morgan fingerprint density at radius 1 is 1.05 bits per heavy atom. The van der Waals surface area contributed by atoms with Crippen LogP contribution in [-0.4, -0.2) is 12.8 Å². The zero-order valence-corrected chi connectivity index (χ0v) is 13.3. The van der Waals surface area contributed by atoms with Gasteiger partial charge in [-0.3, -0.25) is 0 Å². The summed E-state index contributed by atoms with van der Waals surface area (Å²) in [5, 5.41) is 3.62. The summed E-state index contributed by atoms with van der Waals surface area (Å²) >= 11 is 1.82. The van der Waals surface area contributed by atoms with Crippen molar-refractivity contribution in [3.05, 3.63) is 65.2 Å². The van der Waals surface area contributed by atoms with Gasteiger partial charge in [0.1, 0.15) is 0 Å². The molecule has 0 fully saturated rings. The number of aryl methyl sites for hydroxylation is 1. The fourth-order valence-electron chi connectivity index (χ4n) is 2.45. The van der Waals surface area contributed by atoms with E-state index in [2.05, 4.69) is 74.0 Å². The molecule has 0 radical (unpaired) electrons. The zero-order valence-electron chi connectivity index (χ0n) is 12.5. The highest BCUT2D eigenvalue weighted by Gasteiger charge is 2.14. The molecule has 2 heteroatoms. The van der Waals surface area contributed by atoms with E-state index < -0.39 is 0 Å². The van der Waals surface area contributed by atoms with Gasteiger partial charge in [0, 0.05) is 10.9 Å². The molecule has 0 amide bonds. The van der Waals surface area contributed by atoms with Crippen LogP contribution in [0.4, 0.5) is 0 Å². The van der Waals surface area contributed by atoms with Crippen molar-refractivity contribution in [2.45, 2.75) is 31.2 Å². The lowest BCUT2D eigenvalue weighted by Crippen LogP contribution is -2.23. The van der Waals surface area contributed by atoms with Crippen LogP contribution in [0.3, 0.4) is 0 Å². The topological polar surface area (TPSA) is 12.0 Å². The molecule has 2 aromatic rings. The Morgan fingerprint density at radius 3 is 2.40 bits per heavy atom. The molecular weight excluding hydrogens is 262 g/mol. The van der Waals surface area contributed by atoms with Crippen LogP contribution in [0.25, 0.3) is 0 Å². The Labute approximate surface area is 126 Å². The van der Waals surface area contributed by atoms with Gasteiger partial charge >= 0.3 is 0 Å². The van der Waals surface area contributed by atoms with E-state index in [-0.39, 0.29) is 0 Å². The van der Waals surface area contributed by atoms with Crippen LogP contribution < -0.4 is 5.32 Å². The number of benzene rings is 2. The van der Waals surface area contributed by atoms with Crippen molar-refractivity contribution >= 4 is 11.8 Å². The van der Waals surface area contributed by atoms with Gasteiger partial charge < -0.3 is 5.32 Å². The Kier molecular flexibility index (Phi) is 5.69. The number of hydrogen-bond donors (Lipinski definition) is 1. The minimum atomic E-state index is 0.381. The first-order chi connectivity index (χ1) is 9.74. The predicted molar refractivity (Wildman–Crippen MR) is 89.5 cm³/mol. The summed E-state index contributed by atoms with van der Waals surface area (Å²) in [5.41, 5.74) is 4.11. The molecule has 0 aromatic heterocycles. The van der Waals surface area contributed by atoms with E-state index in [1.54, 1.807) is 0 Å². The molecule has 0 spiro atoms. The maximum atomic E-state index is 3.62. The van der Waals surface area contributed by atoms with Gasteiger partial charge in [-0.15, -0.1) is 11.8 Å². The Bertz CT molecular complexity index is 533. The van der Waals surface area contributed by atoms with Crippen molar-refractivity contribution in [3.63, 3.8) is 0 Å². The van der Waals surface area contributed by atoms with Gasteiger partial charge in [-0.1, -0.05) is 55.0 Å². The van der Waals surface area contributed by atoms with Gasteiger partial charge in [-0.05, 0) is 43.3 Å². The average molecular weight is 285 g/mol. The molecular formula is C18H23NS. The molecule has 2 rings (SSSR count). The van der Waals surface area contributed by atoms with Crippen molar-refractivity contribution in [1.82, 2.24) is 5.32 Å². The van der Waals surface area contributed by atoms with Gasteiger partial charge in [0.05, 0.1) is 0 Å². The molecule has 1 nitrogen and oxygen atoms in total. The van der Waals surface area contributed by atoms with Crippen LogP contribution >= 0.6 is 11.8 Å². The highest BCUT2D eigenvalue weighted by molar-refractivity contribution is 7.98. The van der Waals surface area contributed by atoms with Gasteiger partial charge in [0.25, 0.3) is 0 Å². The number of thioether (sulfide) groups is 1. The summed E-state index contributed by atoms with van der Waals surface area (Å²) in [7, 11) is 0. The first-order valence-corrected chi connectivity index (χ1v) is 8.39. The molecule has 0 aliphatic rings. The highest BCUT2D eigenvalue weighted by Crippen LogP contribution is 2.28. The van der Waals surface area contributed by atoms with E-state index in [4.69, 9.17) is 0 Å². The average Bonchev–Trinajstić information content (AvgIpc) is 2.49. The van der Waals surface area contributed by atoms with Crippen molar-refractivity contribution in [2.24, 2.45) is 0 Å². The largest absolute Gasteiger partial charge is 0.310 e. The van der Waals surface area contributed by atoms with Crippen LogP contribution in [0.2, 0.25) is 0 Å². The third-order valence-corrected chi connectivity index (χ3v) is 4.34. The Balaban J connectivity index is 2.24. The smallest absolute Gasteiger partial charge is 0.0371 e. The minimum Gasteiger partial charge on any atom is -0.310 e. The maximum absolute atomic E-state index is 3.62. The normalized spacial score (nSPS) is 12.3. The molecule has 1 atom stereocenters. The summed E-state index contributed by atoms with van der Waals surface area (Å²) < 4.78 is 0. The molecule has 0 heterocycles. The lowest BCUT2D eigenvalue weighted by molar-refractivity contribution is 0.542. The summed E-state index contributed by atoms with van der Waals surface area (Å²) in [6.45, 7) is 5.29. The van der Waals surface area contributed by atoms with E-state index >= 15 is 0 Å². The maximum Gasteiger partial charge on any atom is 0.0371 e. The number of nitrogens with one attached hydrogen (secondary N) is 1. The first-order valence-electron chi connectivity index (χ1n) is 7.16. The molecule has 0 saturated heterocycles. The SMILES string of the molecule is CCNC(Cc1ccc(C)cc1)c1ccccc1SC. The summed E-state index contributed by atoms with van der Waals surface area (Å²) in [4.78, 5) is 1.37. The van der Waals surface area contributed by atoms with Crippen LogP contribution in [-0.2, 0) is 6.42 Å². The molecule has 0 saturated carbocycles. The second kappa shape index (κ2) is 7.51. The number of rotatable bonds is 6. The Hall–Kier alpha value is -1.25. The lowest BCUT2D eigenvalue weighted by atomic mass is 9.98. The molecule has 0 aliphatic heterocycles. The van der Waals surface area contributed by atoms with E-state index in [1.165, 1.54) is 21.6 Å². The monoisotopic (exact) mass is 285 g/mol. The van der Waals surface area contributed by atoms with E-state index in [1.807, 2.05) is 11.8 Å². The zero-order chi connectivity index (χ0) is 14.4. The van der Waals surface area contributed by atoms with E-state index in [9.17, 15) is 0 Å². The fourth-order valence-corrected chi connectivity index (χ4v) is 3.11. The van der Waals surface area contributed by atoms with Gasteiger partial charge in [0.2, 0.25) is 0 Å². The Morgan fingerprint density at radius 2 is 1.75 bits per heavy atom. The van der Waals surface area contributed by atoms with Gasteiger partial charge in [-0.25, -0.2) is 0 Å². The molecule has 1 N–H and O–H groups in total. The first kappa shape index (κ1) is 15.1. The predicted octanol–water partition coefficient (Wildman–Crippen LogP) is 4.61. The lowest BCUT2D eigenvalue weighted by Gasteiger charge is -2.21. The second-order valence-electron chi connectivity index (χ2n) is 5.04. The van der Waals surface area contributed by atoms with Crippen LogP contribution in [0, 0.1) is 6.92 Å². The molecule has 2 aromatic carbocycles. The quantitative estimate of drug-likeness (QED) is 0.778. The third-order valence-electron chi connectivity index (χ3n) is 3.53. The fraction of sp³-hybridized carbons (Fsp3) is 0.333. The minimum absolute atomic E-state index is 0.381. The van der Waals surface area contributed by atoms with Crippen molar-refractivity contribution in [3.8, 4) is 0 Å². The third kappa shape index (κ3) is 3.87. The van der Waals surface area contributed by atoms with Gasteiger partial charge in [-0.2, -0.15) is 0 Å². The number of hydrogen-bond acceptors (Lipinski definition) is 2. The highest BCUT2D eigenvalue weighted by atomic mass is 32.2. The second-order valence-corrected chi connectivity index (χ2v) is 5.89. The molecule has 20 heavy (non-hydrogen) atoms. The summed E-state index contributed by atoms with van der Waals surface area (Å²) in [6, 6.07) is 17.9. The summed E-state index contributed by atoms with van der Waals surface area (Å²) in [5.74, 6) is 0. The number of likely N-dealkylation sites (N-methyl/N-ethyl adjacent to an activating group) is 1. The standard InChI is InChI=1S/C18H23NS/c1-4-19-17(13-15-11-9-14(2)10-12-15)16-7-5-6-8-18(16)20-3/h5-12,17,19H,4,13H2,1-3H3. The van der Waals surface area contributed by atoms with Crippen molar-refractivity contribution in [1.29, 1.82) is 0 Å². The van der Waals surface area contributed by atoms with Crippen LogP contribution in [0.15, 0.2) is 53.4 Å². The van der Waals surface area contributed by atoms with Crippen molar-refractivity contribution in [2.75, 3.05) is 12.8 Å². The van der Waals surface area contributed by atoms with E-state index in [0.29, 0.717) is 6.04 Å².